The van der Waals surface area contributed by atoms with Gasteiger partial charge in [0.2, 0.25) is 0 Å². The van der Waals surface area contributed by atoms with Gasteiger partial charge in [0.25, 0.3) is 5.56 Å². The maximum atomic E-state index is 14.4. The van der Waals surface area contributed by atoms with Gasteiger partial charge in [0, 0.05) is 5.02 Å². The number of benzene rings is 3. The number of aromatic nitrogens is 1. The van der Waals surface area contributed by atoms with Gasteiger partial charge < -0.3 is 14.2 Å². The van der Waals surface area contributed by atoms with Gasteiger partial charge in [0.15, 0.2) is 22.0 Å². The zero-order valence-electron chi connectivity index (χ0n) is 24.7. The van der Waals surface area contributed by atoms with Crippen molar-refractivity contribution in [3.8, 4) is 17.6 Å². The summed E-state index contributed by atoms with van der Waals surface area (Å²) in [5, 5.41) is 9.36. The van der Waals surface area contributed by atoms with Gasteiger partial charge in [-0.1, -0.05) is 47.2 Å². The zero-order valence-corrected chi connectivity index (χ0v) is 28.5. The highest BCUT2D eigenvalue weighted by Crippen LogP contribution is 2.39. The average Bonchev–Trinajstić information content (AvgIpc) is 3.34. The van der Waals surface area contributed by atoms with Gasteiger partial charge in [-0.15, -0.1) is 0 Å². The van der Waals surface area contributed by atoms with Crippen LogP contribution in [0.1, 0.15) is 42.1 Å². The number of alkyl halides is 3. The summed E-state index contributed by atoms with van der Waals surface area (Å²) in [6, 6.07) is 16.8. The number of ether oxygens (including phenoxy) is 3. The Kier molecular flexibility index (Phi) is 10.4. The van der Waals surface area contributed by atoms with Crippen LogP contribution in [0.15, 0.2) is 81.7 Å². The molecule has 0 saturated heterocycles. The Bertz CT molecular complexity index is 2090. The smallest absolute Gasteiger partial charge is 0.434 e. The Morgan fingerprint density at radius 1 is 1.11 bits per heavy atom. The first kappa shape index (κ1) is 34.2. The molecule has 4 aromatic rings. The Hall–Kier alpha value is -4.13. The molecule has 0 unspecified atom stereocenters. The zero-order chi connectivity index (χ0) is 33.9. The molecule has 1 aromatic heterocycles. The van der Waals surface area contributed by atoms with Crippen molar-refractivity contribution in [1.82, 2.24) is 4.57 Å². The topological polar surface area (TPSA) is 103 Å². The van der Waals surface area contributed by atoms with Crippen molar-refractivity contribution in [2.24, 2.45) is 4.99 Å². The normalized spacial score (nSPS) is 14.7. The molecule has 5 rings (SSSR count). The van der Waals surface area contributed by atoms with Crippen LogP contribution in [0.2, 0.25) is 5.02 Å². The molecule has 0 N–H and O–H groups in total. The van der Waals surface area contributed by atoms with Crippen molar-refractivity contribution >= 4 is 57.6 Å². The van der Waals surface area contributed by atoms with Crippen LogP contribution < -0.4 is 24.4 Å². The first-order chi connectivity index (χ1) is 22.4. The summed E-state index contributed by atoms with van der Waals surface area (Å²) < 4.78 is 61.9. The number of halogens is 5. The van der Waals surface area contributed by atoms with Crippen LogP contribution in [-0.4, -0.2) is 29.9 Å². The quantitative estimate of drug-likeness (QED) is 0.143. The molecular formula is C33H24ClF3IN3O5S. The van der Waals surface area contributed by atoms with E-state index in [-0.39, 0.29) is 28.1 Å². The van der Waals surface area contributed by atoms with Gasteiger partial charge in [-0.05, 0) is 95.6 Å². The Morgan fingerprint density at radius 2 is 1.81 bits per heavy atom. The first-order valence-electron chi connectivity index (χ1n) is 14.1. The lowest BCUT2D eigenvalue weighted by atomic mass is 9.95. The van der Waals surface area contributed by atoms with Crippen molar-refractivity contribution in [3.63, 3.8) is 0 Å². The van der Waals surface area contributed by atoms with Gasteiger partial charge in [-0.2, -0.15) is 18.4 Å². The number of nitriles is 1. The van der Waals surface area contributed by atoms with Gasteiger partial charge >= 0.3 is 12.1 Å². The second-order valence-corrected chi connectivity index (χ2v) is 12.6. The van der Waals surface area contributed by atoms with Crippen molar-refractivity contribution in [3.05, 3.63) is 122 Å². The summed E-state index contributed by atoms with van der Waals surface area (Å²) in [6.45, 7) is 3.61. The van der Waals surface area contributed by atoms with Crippen molar-refractivity contribution in [1.29, 1.82) is 5.26 Å². The van der Waals surface area contributed by atoms with Crippen molar-refractivity contribution in [2.75, 3.05) is 13.2 Å². The van der Waals surface area contributed by atoms with E-state index >= 15 is 0 Å². The van der Waals surface area contributed by atoms with E-state index in [1.807, 2.05) is 0 Å². The van der Waals surface area contributed by atoms with E-state index in [1.54, 1.807) is 43.3 Å². The molecule has 0 fully saturated rings. The maximum Gasteiger partial charge on any atom is 0.434 e. The molecule has 8 nitrogen and oxygen atoms in total. The molecule has 0 radical (unpaired) electrons. The molecule has 14 heteroatoms. The molecule has 0 spiro atoms. The van der Waals surface area contributed by atoms with E-state index < -0.39 is 35.0 Å². The van der Waals surface area contributed by atoms with Crippen LogP contribution in [0.3, 0.4) is 0 Å². The van der Waals surface area contributed by atoms with Crippen LogP contribution in [-0.2, 0) is 16.1 Å². The van der Waals surface area contributed by atoms with Crippen molar-refractivity contribution < 1.29 is 32.2 Å². The highest BCUT2D eigenvalue weighted by Gasteiger charge is 2.45. The predicted octanol–water partition coefficient (Wildman–Crippen LogP) is 6.45. The molecule has 47 heavy (non-hydrogen) atoms. The molecule has 3 aromatic carbocycles. The number of hydrogen-bond donors (Lipinski definition) is 0. The minimum Gasteiger partial charge on any atom is -0.490 e. The van der Waals surface area contributed by atoms with E-state index in [9.17, 15) is 22.8 Å². The monoisotopic (exact) mass is 793 g/mol. The molecule has 0 saturated carbocycles. The number of esters is 1. The third kappa shape index (κ3) is 7.39. The van der Waals surface area contributed by atoms with E-state index in [0.717, 1.165) is 21.5 Å². The summed E-state index contributed by atoms with van der Waals surface area (Å²) in [5.41, 5.74) is -0.761. The van der Waals surface area contributed by atoms with Crippen molar-refractivity contribution in [2.45, 2.75) is 32.7 Å². The molecule has 0 aliphatic carbocycles. The van der Waals surface area contributed by atoms with E-state index in [4.69, 9.17) is 31.1 Å². The number of thiazole rings is 1. The predicted molar refractivity (Wildman–Crippen MR) is 178 cm³/mol. The molecule has 242 valence electrons. The standard InChI is InChI=1S/C33H24ClF3IN3O5S/c1-3-44-24-14-20(13-23(38)28(24)46-17-19-7-5-18(16-39)6-8-19)15-25-30(42)41-27(21-9-11-22(34)12-10-21)26(31(43)45-4-2)29(33(35,36)37)40-32(41)47-25/h5-15,27H,3-4,17H2,1-2H3/b25-15-/t27-/m0/s1. The summed E-state index contributed by atoms with van der Waals surface area (Å²) >= 11 is 8.88. The lowest BCUT2D eigenvalue weighted by Crippen LogP contribution is -2.41. The number of carbonyl (C=O) groups is 1. The van der Waals surface area contributed by atoms with Gasteiger partial charge in [-0.3, -0.25) is 9.36 Å². The SMILES string of the molecule is CCOC(=O)C1=C(C(F)(F)F)N=c2s/c(=C\c3cc(I)c(OCc4ccc(C#N)cc4)c(OCC)c3)c(=O)n2[C@H]1c1ccc(Cl)cc1. The minimum atomic E-state index is -5.02. The molecule has 0 bridgehead atoms. The average molecular weight is 794 g/mol. The van der Waals surface area contributed by atoms with E-state index in [0.29, 0.717) is 37.8 Å². The number of carbonyl (C=O) groups excluding carboxylic acids is 1. The fraction of sp³-hybridized carbons (Fsp3) is 0.212. The molecule has 0 amide bonds. The van der Waals surface area contributed by atoms with Crippen LogP contribution in [0.5, 0.6) is 11.5 Å². The number of allylic oxidation sites excluding steroid dienone is 1. The first-order valence-corrected chi connectivity index (χ1v) is 16.4. The highest BCUT2D eigenvalue weighted by atomic mass is 127. The van der Waals surface area contributed by atoms with Crippen LogP contribution in [0.4, 0.5) is 13.2 Å². The summed E-state index contributed by atoms with van der Waals surface area (Å²) in [4.78, 5) is 30.5. The highest BCUT2D eigenvalue weighted by molar-refractivity contribution is 14.1. The number of fused-ring (bicyclic) bond motifs is 1. The number of nitrogens with zero attached hydrogens (tertiary/aromatic N) is 3. The third-order valence-electron chi connectivity index (χ3n) is 6.88. The van der Waals surface area contributed by atoms with Crippen LogP contribution in [0.25, 0.3) is 6.08 Å². The van der Waals surface area contributed by atoms with Crippen LogP contribution in [0, 0.1) is 14.9 Å². The number of rotatable bonds is 9. The van der Waals surface area contributed by atoms with Gasteiger partial charge in [0.05, 0.1) is 44.6 Å². The summed E-state index contributed by atoms with van der Waals surface area (Å²) in [6.07, 6.45) is -3.49. The lowest BCUT2D eigenvalue weighted by Gasteiger charge is -2.26. The minimum absolute atomic E-state index is 0.0823. The Morgan fingerprint density at radius 3 is 2.43 bits per heavy atom. The fourth-order valence-electron chi connectivity index (χ4n) is 4.86. The van der Waals surface area contributed by atoms with E-state index in [2.05, 4.69) is 33.7 Å². The van der Waals surface area contributed by atoms with Crippen LogP contribution >= 0.6 is 45.5 Å². The molecule has 1 aliphatic heterocycles. The molecule has 1 aliphatic rings. The third-order valence-corrected chi connectivity index (χ3v) is 8.91. The maximum absolute atomic E-state index is 14.4. The summed E-state index contributed by atoms with van der Waals surface area (Å²) in [7, 11) is 0. The van der Waals surface area contributed by atoms with Gasteiger partial charge in [-0.25, -0.2) is 9.79 Å². The van der Waals surface area contributed by atoms with Gasteiger partial charge in [0.1, 0.15) is 6.61 Å². The lowest BCUT2D eigenvalue weighted by molar-refractivity contribution is -0.140. The fourth-order valence-corrected chi connectivity index (χ4v) is 6.77. The molecule has 2 heterocycles. The second-order valence-electron chi connectivity index (χ2n) is 9.98. The number of hydrogen-bond acceptors (Lipinski definition) is 8. The van der Waals surface area contributed by atoms with E-state index in [1.165, 1.54) is 37.3 Å². The largest absolute Gasteiger partial charge is 0.490 e. The second kappa shape index (κ2) is 14.3. The molecule has 1 atom stereocenters. The Balaban J connectivity index is 1.63. The Labute approximate surface area is 289 Å². The summed E-state index contributed by atoms with van der Waals surface area (Å²) in [5.74, 6) is -0.368. The molecular weight excluding hydrogens is 770 g/mol.